The van der Waals surface area contributed by atoms with Crippen LogP contribution in [0, 0.1) is 0 Å². The van der Waals surface area contributed by atoms with Gasteiger partial charge in [0.25, 0.3) is 0 Å². The van der Waals surface area contributed by atoms with Gasteiger partial charge in [-0.2, -0.15) is 8.78 Å². The van der Waals surface area contributed by atoms with Gasteiger partial charge in [-0.1, -0.05) is 52.3 Å². The van der Waals surface area contributed by atoms with E-state index in [-0.39, 0.29) is 11.3 Å². The minimum Gasteiger partial charge on any atom is -0.428 e. The molecule has 1 aliphatic rings. The normalized spacial score (nSPS) is 22.6. The predicted molar refractivity (Wildman–Crippen MR) is 86.8 cm³/mol. The summed E-state index contributed by atoms with van der Waals surface area (Å²) in [6.07, 6.45) is -1.25. The monoisotopic (exact) mass is 430 g/mol. The largest absolute Gasteiger partial charge is 0.435 e. The Labute approximate surface area is 142 Å². The molecule has 1 N–H and O–H groups in total. The van der Waals surface area contributed by atoms with Crippen molar-refractivity contribution in [2.75, 3.05) is 0 Å². The molecule has 6 heteroatoms. The molecular formula is C16H10Br2F2O2. The lowest BCUT2D eigenvalue weighted by molar-refractivity contribution is -0.257. The molecule has 1 atom stereocenters. The van der Waals surface area contributed by atoms with Crippen molar-refractivity contribution < 1.29 is 18.6 Å². The van der Waals surface area contributed by atoms with Gasteiger partial charge in [0.15, 0.2) is 0 Å². The van der Waals surface area contributed by atoms with E-state index in [9.17, 15) is 13.9 Å². The second-order valence-corrected chi connectivity index (χ2v) is 6.66. The quantitative estimate of drug-likeness (QED) is 0.716. The molecule has 0 aliphatic carbocycles. The highest BCUT2D eigenvalue weighted by Gasteiger charge is 2.62. The Kier molecular flexibility index (Phi) is 3.87. The maximum Gasteiger partial charge on any atom is 0.435 e. The van der Waals surface area contributed by atoms with Crippen molar-refractivity contribution in [3.05, 3.63) is 68.6 Å². The lowest BCUT2D eigenvalue weighted by Crippen LogP contribution is -2.42. The molecule has 0 spiro atoms. The van der Waals surface area contributed by atoms with Gasteiger partial charge in [0.1, 0.15) is 5.75 Å². The molecule has 1 aliphatic heterocycles. The topological polar surface area (TPSA) is 29.5 Å². The summed E-state index contributed by atoms with van der Waals surface area (Å²) in [5, 5.41) is 10.6. The molecule has 2 nitrogen and oxygen atoms in total. The number of fused-ring (bicyclic) bond motifs is 1. The molecule has 0 saturated carbocycles. The Morgan fingerprint density at radius 1 is 1.09 bits per heavy atom. The number of halogens is 4. The minimum absolute atomic E-state index is 0.00549. The molecule has 0 aromatic heterocycles. The van der Waals surface area contributed by atoms with Crippen LogP contribution >= 0.6 is 31.9 Å². The highest BCUT2D eigenvalue weighted by Crippen LogP contribution is 2.54. The number of rotatable bonds is 2. The van der Waals surface area contributed by atoms with Crippen LogP contribution in [-0.4, -0.2) is 11.2 Å². The lowest BCUT2D eigenvalue weighted by Gasteiger charge is -2.24. The van der Waals surface area contributed by atoms with Crippen molar-refractivity contribution >= 4 is 37.9 Å². The third-order valence-electron chi connectivity index (χ3n) is 3.41. The average molecular weight is 432 g/mol. The third kappa shape index (κ3) is 2.49. The van der Waals surface area contributed by atoms with E-state index < -0.39 is 11.7 Å². The van der Waals surface area contributed by atoms with E-state index in [0.29, 0.717) is 14.5 Å². The number of alkyl halides is 2. The number of benzene rings is 2. The van der Waals surface area contributed by atoms with Gasteiger partial charge in [-0.05, 0) is 39.7 Å². The van der Waals surface area contributed by atoms with E-state index in [1.807, 2.05) is 6.07 Å². The zero-order valence-corrected chi connectivity index (χ0v) is 14.2. The molecule has 3 rings (SSSR count). The fourth-order valence-electron chi connectivity index (χ4n) is 2.28. The first kappa shape index (κ1) is 15.6. The van der Waals surface area contributed by atoms with Gasteiger partial charge in [-0.25, -0.2) is 0 Å². The number of hydrogen-bond acceptors (Lipinski definition) is 2. The third-order valence-corrected chi connectivity index (χ3v) is 4.46. The molecule has 0 saturated heterocycles. The number of hydrogen-bond donors (Lipinski definition) is 1. The second kappa shape index (κ2) is 5.44. The van der Waals surface area contributed by atoms with Crippen LogP contribution in [0.2, 0.25) is 0 Å². The Hall–Kier alpha value is -1.24. The summed E-state index contributed by atoms with van der Waals surface area (Å²) in [5.74, 6) is -0.0617. The van der Waals surface area contributed by atoms with Crippen LogP contribution < -0.4 is 4.74 Å². The molecular weight excluding hydrogens is 422 g/mol. The van der Waals surface area contributed by atoms with E-state index >= 15 is 0 Å². The molecule has 114 valence electrons. The van der Waals surface area contributed by atoms with Gasteiger partial charge in [-0.15, -0.1) is 0 Å². The van der Waals surface area contributed by atoms with Gasteiger partial charge in [0.05, 0.1) is 4.47 Å². The number of aliphatic hydroxyl groups is 1. The fraction of sp³-hybridized carbons (Fsp3) is 0.125. The zero-order valence-electron chi connectivity index (χ0n) is 11.1. The van der Waals surface area contributed by atoms with Gasteiger partial charge < -0.3 is 9.84 Å². The van der Waals surface area contributed by atoms with Crippen LogP contribution in [0.1, 0.15) is 11.1 Å². The van der Waals surface area contributed by atoms with E-state index in [0.717, 1.165) is 6.08 Å². The summed E-state index contributed by atoms with van der Waals surface area (Å²) < 4.78 is 34.1. The molecule has 0 radical (unpaired) electrons. The van der Waals surface area contributed by atoms with Crippen LogP contribution in [0.4, 0.5) is 8.78 Å². The van der Waals surface area contributed by atoms with Gasteiger partial charge in [0.2, 0.25) is 5.60 Å². The molecule has 0 amide bonds. The maximum absolute atomic E-state index is 14.2. The van der Waals surface area contributed by atoms with Crippen LogP contribution in [0.25, 0.3) is 6.08 Å². The van der Waals surface area contributed by atoms with Gasteiger partial charge >= 0.3 is 6.11 Å². The van der Waals surface area contributed by atoms with E-state index in [2.05, 4.69) is 36.6 Å². The van der Waals surface area contributed by atoms with Crippen LogP contribution in [-0.2, 0) is 5.60 Å². The molecule has 0 fully saturated rings. The highest BCUT2D eigenvalue weighted by molar-refractivity contribution is 9.11. The highest BCUT2D eigenvalue weighted by atomic mass is 79.9. The molecule has 0 bridgehead atoms. The fourth-order valence-corrected chi connectivity index (χ4v) is 3.58. The molecule has 2 aromatic rings. The average Bonchev–Trinajstić information content (AvgIpc) is 2.67. The first-order chi connectivity index (χ1) is 10.3. The van der Waals surface area contributed by atoms with Crippen molar-refractivity contribution in [2.24, 2.45) is 0 Å². The Bertz CT molecular complexity index is 747. The van der Waals surface area contributed by atoms with Crippen molar-refractivity contribution in [2.45, 2.75) is 11.7 Å². The Balaban J connectivity index is 2.11. The summed E-state index contributed by atoms with van der Waals surface area (Å²) >= 11 is 6.41. The predicted octanol–water partition coefficient (Wildman–Crippen LogP) is 5.10. The second-order valence-electron chi connectivity index (χ2n) is 4.89. The van der Waals surface area contributed by atoms with Gasteiger partial charge in [0, 0.05) is 10.0 Å². The molecule has 2 aromatic carbocycles. The first-order valence-corrected chi connectivity index (χ1v) is 7.95. The summed E-state index contributed by atoms with van der Waals surface area (Å²) in [4.78, 5) is 0. The Morgan fingerprint density at radius 3 is 2.45 bits per heavy atom. The first-order valence-electron chi connectivity index (χ1n) is 6.36. The van der Waals surface area contributed by atoms with Gasteiger partial charge in [-0.3, -0.25) is 0 Å². The van der Waals surface area contributed by atoms with E-state index in [1.54, 1.807) is 30.3 Å². The maximum atomic E-state index is 14.2. The molecule has 22 heavy (non-hydrogen) atoms. The van der Waals surface area contributed by atoms with E-state index in [4.69, 9.17) is 0 Å². The van der Waals surface area contributed by atoms with Crippen LogP contribution in [0.15, 0.2) is 57.5 Å². The molecule has 1 heterocycles. The van der Waals surface area contributed by atoms with Crippen molar-refractivity contribution in [1.29, 1.82) is 0 Å². The summed E-state index contributed by atoms with van der Waals surface area (Å²) in [6.45, 7) is 0. The smallest absolute Gasteiger partial charge is 0.428 e. The summed E-state index contributed by atoms with van der Waals surface area (Å²) in [5.41, 5.74) is -1.83. The van der Waals surface area contributed by atoms with Crippen molar-refractivity contribution in [3.63, 3.8) is 0 Å². The zero-order chi connectivity index (χ0) is 16.0. The standard InChI is InChI=1S/C16H10Br2F2O2/c17-11-8-12-14(13(18)9-11)22-16(19,20)15(12,21)7-6-10-4-2-1-3-5-10/h1-9,21H. The number of ether oxygens (including phenoxy) is 1. The summed E-state index contributed by atoms with van der Waals surface area (Å²) in [7, 11) is 0. The van der Waals surface area contributed by atoms with Crippen molar-refractivity contribution in [3.8, 4) is 5.75 Å². The lowest BCUT2D eigenvalue weighted by atomic mass is 9.93. The van der Waals surface area contributed by atoms with Crippen LogP contribution in [0.5, 0.6) is 5.75 Å². The van der Waals surface area contributed by atoms with Crippen LogP contribution in [0.3, 0.4) is 0 Å². The Morgan fingerprint density at radius 2 is 1.77 bits per heavy atom. The minimum atomic E-state index is -3.76. The SMILES string of the molecule is OC1(C=Cc2ccccc2)c2cc(Br)cc(Br)c2OC1(F)F. The molecule has 1 unspecified atom stereocenters. The van der Waals surface area contributed by atoms with Crippen molar-refractivity contribution in [1.82, 2.24) is 0 Å². The van der Waals surface area contributed by atoms with E-state index in [1.165, 1.54) is 12.1 Å². The summed E-state index contributed by atoms with van der Waals surface area (Å²) in [6, 6.07) is 11.9.